The molecule has 0 aromatic heterocycles. The van der Waals surface area contributed by atoms with Gasteiger partial charge in [-0.2, -0.15) is 18.7 Å². The summed E-state index contributed by atoms with van der Waals surface area (Å²) >= 11 is 0. The molecule has 3 N–H and O–H groups in total. The van der Waals surface area contributed by atoms with E-state index in [2.05, 4.69) is 10.3 Å². The maximum Gasteiger partial charge on any atom is 0.490 e. The summed E-state index contributed by atoms with van der Waals surface area (Å²) in [7, 11) is 0. The standard InChI is InChI=1S/C3H7NO2.C2HF3O2/c5-3-1-4-6-2-3;3-2(4,5)1(6)7/h3-5H,1-2H2;(H,6,7). The van der Waals surface area contributed by atoms with E-state index in [1.54, 1.807) is 0 Å². The van der Waals surface area contributed by atoms with E-state index >= 15 is 0 Å². The normalized spacial score (nSPS) is 22.0. The van der Waals surface area contributed by atoms with Gasteiger partial charge in [-0.3, -0.25) is 4.84 Å². The Labute approximate surface area is 71.1 Å². The van der Waals surface area contributed by atoms with Gasteiger partial charge in [-0.1, -0.05) is 0 Å². The van der Waals surface area contributed by atoms with E-state index in [1.807, 2.05) is 0 Å². The van der Waals surface area contributed by atoms with Crippen LogP contribution in [0.4, 0.5) is 13.2 Å². The molecule has 1 rings (SSSR count). The van der Waals surface area contributed by atoms with Crippen LogP contribution in [0.2, 0.25) is 0 Å². The molecule has 0 saturated carbocycles. The fourth-order valence-corrected chi connectivity index (χ4v) is 0.369. The van der Waals surface area contributed by atoms with E-state index < -0.39 is 12.1 Å². The maximum atomic E-state index is 10.6. The summed E-state index contributed by atoms with van der Waals surface area (Å²) < 4.78 is 31.7. The van der Waals surface area contributed by atoms with Gasteiger partial charge in [0.1, 0.15) is 0 Å². The van der Waals surface area contributed by atoms with Crippen molar-refractivity contribution in [3.63, 3.8) is 0 Å². The molecule has 1 fully saturated rings. The molecule has 0 aliphatic carbocycles. The molecule has 1 heterocycles. The van der Waals surface area contributed by atoms with Gasteiger partial charge in [-0.15, -0.1) is 0 Å². The van der Waals surface area contributed by atoms with Crippen LogP contribution in [-0.2, 0) is 9.63 Å². The highest BCUT2D eigenvalue weighted by atomic mass is 19.4. The Morgan fingerprint density at radius 2 is 2.00 bits per heavy atom. The van der Waals surface area contributed by atoms with E-state index in [-0.39, 0.29) is 6.10 Å². The average Bonchev–Trinajstić information content (AvgIpc) is 2.38. The molecule has 1 aliphatic heterocycles. The highest BCUT2D eigenvalue weighted by Crippen LogP contribution is 2.13. The lowest BCUT2D eigenvalue weighted by Crippen LogP contribution is -2.21. The number of carboxylic acid groups (broad SMARTS) is 1. The van der Waals surface area contributed by atoms with Crippen molar-refractivity contribution in [1.29, 1.82) is 0 Å². The van der Waals surface area contributed by atoms with Gasteiger partial charge >= 0.3 is 12.1 Å². The molecule has 0 aromatic rings. The number of nitrogens with one attached hydrogen (secondary N) is 1. The first-order valence-corrected chi connectivity index (χ1v) is 3.17. The van der Waals surface area contributed by atoms with Gasteiger partial charge in [0, 0.05) is 6.54 Å². The van der Waals surface area contributed by atoms with Crippen LogP contribution in [0.1, 0.15) is 0 Å². The second-order valence-electron chi connectivity index (χ2n) is 2.12. The Kier molecular flexibility index (Phi) is 4.67. The Bertz CT molecular complexity index is 166. The quantitative estimate of drug-likeness (QED) is 0.495. The molecule has 0 amide bonds. The molecule has 78 valence electrons. The van der Waals surface area contributed by atoms with Crippen LogP contribution in [0.3, 0.4) is 0 Å². The van der Waals surface area contributed by atoms with Crippen LogP contribution < -0.4 is 5.48 Å². The van der Waals surface area contributed by atoms with E-state index in [4.69, 9.17) is 15.0 Å². The second-order valence-corrected chi connectivity index (χ2v) is 2.12. The first-order chi connectivity index (χ1) is 5.84. The summed E-state index contributed by atoms with van der Waals surface area (Å²) in [5, 5.41) is 15.7. The summed E-state index contributed by atoms with van der Waals surface area (Å²) in [5.74, 6) is -2.76. The summed E-state index contributed by atoms with van der Waals surface area (Å²) in [6.45, 7) is 1.00. The number of halogens is 3. The molecular formula is C5H8F3NO4. The topological polar surface area (TPSA) is 78.8 Å². The predicted octanol–water partition coefficient (Wildman–Crippen LogP) is -0.485. The summed E-state index contributed by atoms with van der Waals surface area (Å²) in [5.41, 5.74) is 2.52. The van der Waals surface area contributed by atoms with E-state index in [0.29, 0.717) is 13.2 Å². The monoisotopic (exact) mass is 203 g/mol. The zero-order valence-corrected chi connectivity index (χ0v) is 6.34. The molecule has 0 radical (unpaired) electrons. The molecular weight excluding hydrogens is 195 g/mol. The van der Waals surface area contributed by atoms with Gasteiger partial charge in [-0.25, -0.2) is 4.79 Å². The lowest BCUT2D eigenvalue weighted by Gasteiger charge is -1.93. The number of aliphatic hydroxyl groups excluding tert-OH is 1. The maximum absolute atomic E-state index is 10.6. The molecule has 0 spiro atoms. The minimum atomic E-state index is -5.08. The van der Waals surface area contributed by atoms with Crippen LogP contribution in [-0.4, -0.2) is 41.6 Å². The average molecular weight is 203 g/mol. The van der Waals surface area contributed by atoms with Crippen molar-refractivity contribution >= 4 is 5.97 Å². The molecule has 1 atom stereocenters. The van der Waals surface area contributed by atoms with E-state index in [1.165, 1.54) is 0 Å². The third-order valence-corrected chi connectivity index (χ3v) is 0.939. The first-order valence-electron chi connectivity index (χ1n) is 3.17. The number of carboxylic acids is 1. The van der Waals surface area contributed by atoms with Crippen molar-refractivity contribution in [3.05, 3.63) is 0 Å². The van der Waals surface area contributed by atoms with Crippen LogP contribution in [0.25, 0.3) is 0 Å². The Balaban J connectivity index is 0.000000223. The van der Waals surface area contributed by atoms with Gasteiger partial charge in [-0.05, 0) is 0 Å². The van der Waals surface area contributed by atoms with Gasteiger partial charge in [0.2, 0.25) is 0 Å². The van der Waals surface area contributed by atoms with Crippen LogP contribution >= 0.6 is 0 Å². The van der Waals surface area contributed by atoms with Crippen molar-refractivity contribution in [1.82, 2.24) is 5.48 Å². The number of alkyl halides is 3. The SMILES string of the molecule is O=C(O)C(F)(F)F.OC1CNOC1. The molecule has 1 saturated heterocycles. The summed E-state index contributed by atoms with van der Waals surface area (Å²) in [4.78, 5) is 13.5. The highest BCUT2D eigenvalue weighted by molar-refractivity contribution is 5.73. The van der Waals surface area contributed by atoms with Crippen molar-refractivity contribution in [2.45, 2.75) is 12.3 Å². The van der Waals surface area contributed by atoms with Gasteiger partial charge in [0.15, 0.2) is 0 Å². The number of hydrogen-bond acceptors (Lipinski definition) is 4. The Hall–Kier alpha value is -0.860. The number of carbonyl (C=O) groups is 1. The highest BCUT2D eigenvalue weighted by Gasteiger charge is 2.38. The van der Waals surface area contributed by atoms with Crippen LogP contribution in [0.15, 0.2) is 0 Å². The molecule has 5 nitrogen and oxygen atoms in total. The molecule has 0 bridgehead atoms. The lowest BCUT2D eigenvalue weighted by atomic mass is 10.4. The fourth-order valence-electron chi connectivity index (χ4n) is 0.369. The van der Waals surface area contributed by atoms with Crippen LogP contribution in [0, 0.1) is 0 Å². The zero-order valence-electron chi connectivity index (χ0n) is 6.34. The lowest BCUT2D eigenvalue weighted by molar-refractivity contribution is -0.192. The Morgan fingerprint density at radius 1 is 1.54 bits per heavy atom. The molecule has 1 aliphatic rings. The minimum absolute atomic E-state index is 0.287. The molecule has 8 heteroatoms. The van der Waals surface area contributed by atoms with Gasteiger partial charge in [0.25, 0.3) is 0 Å². The number of aliphatic hydroxyl groups is 1. The third kappa shape index (κ3) is 6.31. The Morgan fingerprint density at radius 3 is 2.08 bits per heavy atom. The first kappa shape index (κ1) is 12.1. The van der Waals surface area contributed by atoms with E-state index in [0.717, 1.165) is 0 Å². The van der Waals surface area contributed by atoms with Gasteiger partial charge < -0.3 is 10.2 Å². The summed E-state index contributed by atoms with van der Waals surface area (Å²) in [6, 6.07) is 0. The fraction of sp³-hybridized carbons (Fsp3) is 0.800. The van der Waals surface area contributed by atoms with Crippen molar-refractivity contribution in [2.75, 3.05) is 13.2 Å². The zero-order chi connectivity index (χ0) is 10.5. The smallest absolute Gasteiger partial charge is 0.475 e. The van der Waals surface area contributed by atoms with E-state index in [9.17, 15) is 13.2 Å². The second kappa shape index (κ2) is 5.00. The van der Waals surface area contributed by atoms with Gasteiger partial charge in [0.05, 0.1) is 12.7 Å². The predicted molar refractivity (Wildman–Crippen MR) is 33.7 cm³/mol. The molecule has 0 aromatic carbocycles. The number of hydrogen-bond donors (Lipinski definition) is 3. The number of rotatable bonds is 0. The van der Waals surface area contributed by atoms with Crippen LogP contribution in [0.5, 0.6) is 0 Å². The summed E-state index contributed by atoms with van der Waals surface area (Å²) in [6.07, 6.45) is -5.37. The number of hydroxylamine groups is 1. The number of aliphatic carboxylic acids is 1. The largest absolute Gasteiger partial charge is 0.490 e. The third-order valence-electron chi connectivity index (χ3n) is 0.939. The van der Waals surface area contributed by atoms with Crippen molar-refractivity contribution in [2.24, 2.45) is 0 Å². The minimum Gasteiger partial charge on any atom is -0.475 e. The molecule has 13 heavy (non-hydrogen) atoms. The van der Waals surface area contributed by atoms with Crippen molar-refractivity contribution < 1.29 is 33.0 Å². The molecule has 1 unspecified atom stereocenters. The van der Waals surface area contributed by atoms with Crippen molar-refractivity contribution in [3.8, 4) is 0 Å². The number of β-amino-alcohol motifs (C(OH)–C–C–N with tert-alkyl or cyclic N) is 1.